The van der Waals surface area contributed by atoms with Gasteiger partial charge in [-0.15, -0.1) is 0 Å². The Morgan fingerprint density at radius 2 is 1.97 bits per heavy atom. The monoisotopic (exact) mass is 405 g/mol. The molecule has 4 rings (SSSR count). The molecule has 1 unspecified atom stereocenters. The molecule has 0 saturated carbocycles. The molecule has 0 radical (unpaired) electrons. The third-order valence-corrected chi connectivity index (χ3v) is 4.51. The number of nitrogens with zero attached hydrogens (tertiary/aromatic N) is 4. The van der Waals surface area contributed by atoms with Crippen molar-refractivity contribution in [3.05, 3.63) is 77.4 Å². The largest absolute Gasteiger partial charge is 0.443 e. The number of rotatable bonds is 5. The van der Waals surface area contributed by atoms with Crippen molar-refractivity contribution < 1.29 is 18.1 Å². The topological polar surface area (TPSA) is 110 Å². The smallest absolute Gasteiger partial charge is 0.256 e. The summed E-state index contributed by atoms with van der Waals surface area (Å²) in [5.74, 6) is 0.171. The molecule has 30 heavy (non-hydrogen) atoms. The molecule has 1 N–H and O–H groups in total. The Hall–Kier alpha value is -4.19. The predicted molar refractivity (Wildman–Crippen MR) is 103 cm³/mol. The maximum absolute atomic E-state index is 13.1. The van der Waals surface area contributed by atoms with Crippen molar-refractivity contribution in [3.8, 4) is 23.3 Å². The van der Waals surface area contributed by atoms with Gasteiger partial charge in [-0.25, -0.2) is 4.39 Å². The van der Waals surface area contributed by atoms with E-state index < -0.39 is 11.9 Å². The quantitative estimate of drug-likeness (QED) is 0.539. The molecule has 0 spiro atoms. The number of carbonyl (C=O) groups excluding carboxylic acids is 1. The van der Waals surface area contributed by atoms with Gasteiger partial charge in [-0.1, -0.05) is 5.16 Å². The van der Waals surface area contributed by atoms with Crippen LogP contribution in [0, 0.1) is 24.1 Å². The Bertz CT molecular complexity index is 1230. The first kappa shape index (κ1) is 19.1. The van der Waals surface area contributed by atoms with E-state index in [1.165, 1.54) is 24.3 Å². The fraction of sp³-hybridized carbons (Fsp3) is 0.143. The number of furan rings is 1. The predicted octanol–water partition coefficient (Wildman–Crippen LogP) is 3.93. The Balaban J connectivity index is 1.56. The van der Waals surface area contributed by atoms with Crippen molar-refractivity contribution in [1.29, 1.82) is 5.26 Å². The fourth-order valence-corrected chi connectivity index (χ4v) is 3.02. The molecule has 3 aromatic heterocycles. The minimum absolute atomic E-state index is 0.130. The number of benzene rings is 1. The highest BCUT2D eigenvalue weighted by atomic mass is 19.1. The number of nitriles is 1. The summed E-state index contributed by atoms with van der Waals surface area (Å²) in [6, 6.07) is 10.6. The molecule has 0 aliphatic rings. The summed E-state index contributed by atoms with van der Waals surface area (Å²) >= 11 is 0. The van der Waals surface area contributed by atoms with E-state index in [4.69, 9.17) is 8.94 Å². The molecule has 8 nitrogen and oxygen atoms in total. The van der Waals surface area contributed by atoms with Gasteiger partial charge in [0.2, 0.25) is 17.6 Å². The van der Waals surface area contributed by atoms with E-state index in [-0.39, 0.29) is 34.5 Å². The fourth-order valence-electron chi connectivity index (χ4n) is 3.02. The van der Waals surface area contributed by atoms with Crippen LogP contribution in [0.5, 0.6) is 0 Å². The number of halogens is 1. The van der Waals surface area contributed by atoms with Gasteiger partial charge in [-0.05, 0) is 50.2 Å². The first-order valence-corrected chi connectivity index (χ1v) is 9.05. The maximum atomic E-state index is 13.1. The second kappa shape index (κ2) is 7.67. The van der Waals surface area contributed by atoms with Crippen molar-refractivity contribution in [1.82, 2.24) is 20.0 Å². The molecule has 4 aromatic rings. The Labute approximate surface area is 170 Å². The zero-order valence-electron chi connectivity index (χ0n) is 16.1. The Morgan fingerprint density at radius 1 is 1.27 bits per heavy atom. The number of aryl methyl sites for hydroxylation is 1. The second-order valence-corrected chi connectivity index (χ2v) is 6.57. The molecule has 9 heteroatoms. The maximum Gasteiger partial charge on any atom is 0.256 e. The lowest BCUT2D eigenvalue weighted by molar-refractivity contribution is 0.0930. The van der Waals surface area contributed by atoms with E-state index >= 15 is 0 Å². The van der Waals surface area contributed by atoms with E-state index in [0.717, 1.165) is 0 Å². The zero-order valence-corrected chi connectivity index (χ0v) is 16.1. The third-order valence-electron chi connectivity index (χ3n) is 4.51. The van der Waals surface area contributed by atoms with Crippen LogP contribution in [0.15, 0.2) is 57.7 Å². The number of carbonyl (C=O) groups is 1. The summed E-state index contributed by atoms with van der Waals surface area (Å²) in [5.41, 5.74) is 0.857. The third kappa shape index (κ3) is 3.46. The lowest BCUT2D eigenvalue weighted by atomic mass is 10.1. The summed E-state index contributed by atoms with van der Waals surface area (Å²) in [5, 5.41) is 16.2. The van der Waals surface area contributed by atoms with Crippen LogP contribution in [0.2, 0.25) is 0 Å². The van der Waals surface area contributed by atoms with Gasteiger partial charge in [0.25, 0.3) is 5.91 Å². The van der Waals surface area contributed by atoms with Crippen molar-refractivity contribution in [3.63, 3.8) is 0 Å². The van der Waals surface area contributed by atoms with Crippen molar-refractivity contribution in [2.75, 3.05) is 0 Å². The van der Waals surface area contributed by atoms with Crippen LogP contribution < -0.4 is 5.32 Å². The van der Waals surface area contributed by atoms with E-state index in [0.29, 0.717) is 11.3 Å². The second-order valence-electron chi connectivity index (χ2n) is 6.57. The molecule has 1 atom stereocenters. The van der Waals surface area contributed by atoms with Crippen LogP contribution in [-0.4, -0.2) is 20.6 Å². The lowest BCUT2D eigenvalue weighted by Crippen LogP contribution is -2.27. The zero-order chi connectivity index (χ0) is 21.3. The molecule has 3 heterocycles. The molecule has 1 amide bonds. The Kier molecular flexibility index (Phi) is 4.90. The number of amides is 1. The molecule has 0 aliphatic heterocycles. The number of nitrogens with one attached hydrogen (secondary N) is 1. The highest BCUT2D eigenvalue weighted by Gasteiger charge is 2.27. The van der Waals surface area contributed by atoms with Gasteiger partial charge in [-0.2, -0.15) is 10.2 Å². The number of aromatic nitrogens is 3. The summed E-state index contributed by atoms with van der Waals surface area (Å²) in [7, 11) is 0. The Morgan fingerprint density at radius 3 is 2.63 bits per heavy atom. The van der Waals surface area contributed by atoms with E-state index in [1.807, 2.05) is 6.07 Å². The van der Waals surface area contributed by atoms with Gasteiger partial charge in [0.15, 0.2) is 0 Å². The first-order chi connectivity index (χ1) is 14.5. The minimum Gasteiger partial charge on any atom is -0.443 e. The van der Waals surface area contributed by atoms with Crippen LogP contribution in [-0.2, 0) is 0 Å². The molecule has 0 aliphatic carbocycles. The summed E-state index contributed by atoms with van der Waals surface area (Å²) in [6.45, 7) is 3.29. The molecule has 0 bridgehead atoms. The number of hydrogen-bond donors (Lipinski definition) is 1. The van der Waals surface area contributed by atoms with Gasteiger partial charge in [0.05, 0.1) is 0 Å². The van der Waals surface area contributed by atoms with E-state index in [1.54, 1.807) is 42.9 Å². The van der Waals surface area contributed by atoms with Crippen molar-refractivity contribution >= 4 is 5.91 Å². The van der Waals surface area contributed by atoms with Gasteiger partial charge in [-0.3, -0.25) is 9.36 Å². The van der Waals surface area contributed by atoms with Crippen LogP contribution in [0.1, 0.15) is 40.5 Å². The molecule has 0 saturated heterocycles. The van der Waals surface area contributed by atoms with E-state index in [9.17, 15) is 14.4 Å². The average molecular weight is 405 g/mol. The molecule has 150 valence electrons. The lowest BCUT2D eigenvalue weighted by Gasteiger charge is -2.09. The van der Waals surface area contributed by atoms with Gasteiger partial charge in [0, 0.05) is 18.0 Å². The van der Waals surface area contributed by atoms with Gasteiger partial charge in [0.1, 0.15) is 34.8 Å². The highest BCUT2D eigenvalue weighted by Crippen LogP contribution is 2.26. The van der Waals surface area contributed by atoms with Crippen molar-refractivity contribution in [2.24, 2.45) is 0 Å². The molecule has 1 aromatic carbocycles. The first-order valence-electron chi connectivity index (χ1n) is 9.05. The van der Waals surface area contributed by atoms with Crippen LogP contribution in [0.3, 0.4) is 0 Å². The average Bonchev–Trinajstić information content (AvgIpc) is 3.47. The molecular formula is C21H16FN5O3. The van der Waals surface area contributed by atoms with E-state index in [2.05, 4.69) is 15.5 Å². The minimum atomic E-state index is -0.630. The SMILES string of the molecule is Cc1oc(-n2cccc2)c(C#N)c1C(=O)NC(C)c1nc(-c2ccc(F)cc2)no1. The van der Waals surface area contributed by atoms with Gasteiger partial charge >= 0.3 is 0 Å². The van der Waals surface area contributed by atoms with Gasteiger partial charge < -0.3 is 14.3 Å². The highest BCUT2D eigenvalue weighted by molar-refractivity contribution is 5.98. The summed E-state index contributed by atoms with van der Waals surface area (Å²) in [6.07, 6.45) is 3.44. The van der Waals surface area contributed by atoms with Crippen LogP contribution >= 0.6 is 0 Å². The summed E-state index contributed by atoms with van der Waals surface area (Å²) in [4.78, 5) is 17.1. The normalized spacial score (nSPS) is 11.8. The standard InChI is InChI=1S/C21H16FN5O3/c1-12(20-25-18(26-30-20)14-5-7-15(22)8-6-14)24-19(28)17-13(2)29-21(16(17)11-23)27-9-3-4-10-27/h3-10,12H,1-2H3,(H,24,28). The molecular weight excluding hydrogens is 389 g/mol. The molecule has 0 fully saturated rings. The van der Waals surface area contributed by atoms with Crippen LogP contribution in [0.25, 0.3) is 17.3 Å². The van der Waals surface area contributed by atoms with Crippen molar-refractivity contribution in [2.45, 2.75) is 19.9 Å². The summed E-state index contributed by atoms with van der Waals surface area (Å²) < 4.78 is 25.6. The number of hydrogen-bond acceptors (Lipinski definition) is 6. The van der Waals surface area contributed by atoms with Crippen LogP contribution in [0.4, 0.5) is 4.39 Å².